The van der Waals surface area contributed by atoms with Gasteiger partial charge in [-0.2, -0.15) is 4.31 Å². The van der Waals surface area contributed by atoms with Gasteiger partial charge in [-0.3, -0.25) is 4.79 Å². The number of sulfonamides is 1. The van der Waals surface area contributed by atoms with Crippen LogP contribution < -0.4 is 0 Å². The van der Waals surface area contributed by atoms with Gasteiger partial charge >= 0.3 is 0 Å². The van der Waals surface area contributed by atoms with Crippen LogP contribution in [-0.2, 0) is 14.8 Å². The molecule has 0 radical (unpaired) electrons. The average Bonchev–Trinajstić information content (AvgIpc) is 2.92. The lowest BCUT2D eigenvalue weighted by atomic mass is 10.4. The highest BCUT2D eigenvalue weighted by molar-refractivity contribution is 7.91. The van der Waals surface area contributed by atoms with Crippen LogP contribution in [0.5, 0.6) is 0 Å². The first-order valence-electron chi connectivity index (χ1n) is 5.92. The molecule has 0 saturated carbocycles. The Kier molecular flexibility index (Phi) is 6.56. The highest BCUT2D eigenvalue weighted by atomic mass is 32.2. The molecule has 1 aromatic rings. The van der Waals surface area contributed by atoms with E-state index in [4.69, 9.17) is 10.2 Å². The van der Waals surface area contributed by atoms with Crippen molar-refractivity contribution >= 4 is 27.3 Å². The lowest BCUT2D eigenvalue weighted by Crippen LogP contribution is -2.43. The molecule has 0 fully saturated rings. The van der Waals surface area contributed by atoms with Gasteiger partial charge in [0.2, 0.25) is 5.91 Å². The van der Waals surface area contributed by atoms with Crippen LogP contribution in [0, 0.1) is 0 Å². The first-order valence-corrected chi connectivity index (χ1v) is 8.24. The Balaban J connectivity index is 2.74. The standard InChI is InChI=1S/C11H18N2O5S2/c1-12(20(17,18)11-3-2-8-19-11)9-10(16)13(4-6-14)5-7-15/h2-3,8,14-15H,4-7,9H2,1H3. The summed E-state index contributed by atoms with van der Waals surface area (Å²) < 4.78 is 25.4. The number of thiophene rings is 1. The Hall–Kier alpha value is -1.00. The molecule has 0 bridgehead atoms. The highest BCUT2D eigenvalue weighted by Gasteiger charge is 2.25. The third-order valence-corrected chi connectivity index (χ3v) is 5.79. The molecule has 0 aliphatic carbocycles. The fourth-order valence-corrected chi connectivity index (χ4v) is 3.86. The summed E-state index contributed by atoms with van der Waals surface area (Å²) in [6.07, 6.45) is 0. The van der Waals surface area contributed by atoms with Crippen molar-refractivity contribution in [1.82, 2.24) is 9.21 Å². The zero-order chi connectivity index (χ0) is 15.2. The summed E-state index contributed by atoms with van der Waals surface area (Å²) in [6.45, 7) is -0.695. The summed E-state index contributed by atoms with van der Waals surface area (Å²) >= 11 is 1.08. The average molecular weight is 322 g/mol. The molecule has 1 aromatic heterocycles. The molecular formula is C11H18N2O5S2. The monoisotopic (exact) mass is 322 g/mol. The predicted molar refractivity (Wildman–Crippen MR) is 74.9 cm³/mol. The number of aliphatic hydroxyl groups is 2. The molecule has 0 aliphatic rings. The lowest BCUT2D eigenvalue weighted by molar-refractivity contribution is -0.132. The van der Waals surface area contributed by atoms with Gasteiger partial charge in [0, 0.05) is 20.1 Å². The summed E-state index contributed by atoms with van der Waals surface area (Å²) in [5, 5.41) is 19.3. The summed E-state index contributed by atoms with van der Waals surface area (Å²) in [5.41, 5.74) is 0. The quantitative estimate of drug-likeness (QED) is 0.652. The molecule has 7 nitrogen and oxygen atoms in total. The van der Waals surface area contributed by atoms with Gasteiger partial charge in [-0.05, 0) is 11.4 Å². The van der Waals surface area contributed by atoms with Crippen molar-refractivity contribution in [3.8, 4) is 0 Å². The fourth-order valence-electron chi connectivity index (χ4n) is 1.54. The Morgan fingerprint density at radius 3 is 2.35 bits per heavy atom. The topological polar surface area (TPSA) is 98.2 Å². The van der Waals surface area contributed by atoms with E-state index in [9.17, 15) is 13.2 Å². The van der Waals surface area contributed by atoms with Gasteiger partial charge in [-0.25, -0.2) is 8.42 Å². The van der Waals surface area contributed by atoms with Gasteiger partial charge in [0.25, 0.3) is 10.0 Å². The molecule has 1 rings (SSSR count). The van der Waals surface area contributed by atoms with Crippen molar-refractivity contribution in [1.29, 1.82) is 0 Å². The van der Waals surface area contributed by atoms with Crippen LogP contribution >= 0.6 is 11.3 Å². The zero-order valence-corrected chi connectivity index (χ0v) is 12.7. The van der Waals surface area contributed by atoms with E-state index in [2.05, 4.69) is 0 Å². The Morgan fingerprint density at radius 1 is 1.30 bits per heavy atom. The van der Waals surface area contributed by atoms with Crippen LogP contribution in [0.25, 0.3) is 0 Å². The first-order chi connectivity index (χ1) is 9.43. The maximum absolute atomic E-state index is 12.1. The van der Waals surface area contributed by atoms with E-state index in [0.29, 0.717) is 0 Å². The van der Waals surface area contributed by atoms with E-state index in [1.54, 1.807) is 11.4 Å². The minimum atomic E-state index is -3.67. The number of aliphatic hydroxyl groups excluding tert-OH is 2. The van der Waals surface area contributed by atoms with E-state index in [-0.39, 0.29) is 37.1 Å². The number of carbonyl (C=O) groups excluding carboxylic acids is 1. The number of likely N-dealkylation sites (N-methyl/N-ethyl adjacent to an activating group) is 1. The van der Waals surface area contributed by atoms with Crippen LogP contribution in [-0.4, -0.2) is 73.6 Å². The second kappa shape index (κ2) is 7.70. The van der Waals surface area contributed by atoms with E-state index in [1.165, 1.54) is 18.0 Å². The van der Waals surface area contributed by atoms with Gasteiger partial charge in [-0.1, -0.05) is 6.07 Å². The minimum absolute atomic E-state index is 0.0618. The third kappa shape index (κ3) is 4.25. The second-order valence-corrected chi connectivity index (χ2v) is 7.24. The molecule has 0 saturated heterocycles. The molecule has 0 unspecified atom stereocenters. The summed E-state index contributed by atoms with van der Waals surface area (Å²) in [6, 6.07) is 3.09. The van der Waals surface area contributed by atoms with E-state index in [1.807, 2.05) is 0 Å². The molecule has 1 amide bonds. The SMILES string of the molecule is CN(CC(=O)N(CCO)CCO)S(=O)(=O)c1cccs1. The molecule has 0 atom stereocenters. The molecule has 0 spiro atoms. The van der Waals surface area contributed by atoms with Crippen LogP contribution in [0.15, 0.2) is 21.7 Å². The molecule has 0 aromatic carbocycles. The lowest BCUT2D eigenvalue weighted by Gasteiger charge is -2.23. The first kappa shape index (κ1) is 17.1. The zero-order valence-electron chi connectivity index (χ0n) is 11.1. The van der Waals surface area contributed by atoms with Crippen molar-refractivity contribution in [3.63, 3.8) is 0 Å². The minimum Gasteiger partial charge on any atom is -0.395 e. The number of hydrogen-bond acceptors (Lipinski definition) is 6. The number of amides is 1. The van der Waals surface area contributed by atoms with E-state index in [0.717, 1.165) is 15.6 Å². The van der Waals surface area contributed by atoms with E-state index >= 15 is 0 Å². The Bertz CT molecular complexity index is 509. The van der Waals surface area contributed by atoms with E-state index < -0.39 is 15.9 Å². The smallest absolute Gasteiger partial charge is 0.252 e. The molecule has 9 heteroatoms. The Morgan fingerprint density at radius 2 is 1.90 bits per heavy atom. The third-order valence-electron chi connectivity index (χ3n) is 2.61. The fraction of sp³-hybridized carbons (Fsp3) is 0.545. The van der Waals surface area contributed by atoms with Gasteiger partial charge in [0.1, 0.15) is 4.21 Å². The normalized spacial score (nSPS) is 11.8. The Labute approximate surface area is 122 Å². The van der Waals surface area contributed by atoms with Crippen molar-refractivity contribution in [3.05, 3.63) is 17.5 Å². The predicted octanol–water partition coefficient (Wildman–Crippen LogP) is -0.818. The largest absolute Gasteiger partial charge is 0.395 e. The van der Waals surface area contributed by atoms with Crippen molar-refractivity contribution < 1.29 is 23.4 Å². The molecule has 2 N–H and O–H groups in total. The van der Waals surface area contributed by atoms with Crippen LogP contribution in [0.3, 0.4) is 0 Å². The van der Waals surface area contributed by atoms with Gasteiger partial charge in [-0.15, -0.1) is 11.3 Å². The van der Waals surface area contributed by atoms with Gasteiger partial charge < -0.3 is 15.1 Å². The summed E-state index contributed by atoms with van der Waals surface area (Å²) in [4.78, 5) is 13.2. The second-order valence-electron chi connectivity index (χ2n) is 4.02. The number of nitrogens with zero attached hydrogens (tertiary/aromatic N) is 2. The molecule has 114 valence electrons. The maximum Gasteiger partial charge on any atom is 0.252 e. The highest BCUT2D eigenvalue weighted by Crippen LogP contribution is 2.19. The van der Waals surface area contributed by atoms with Crippen LogP contribution in [0.1, 0.15) is 0 Å². The number of rotatable bonds is 8. The molecule has 0 aliphatic heterocycles. The molecule has 1 heterocycles. The van der Waals surface area contributed by atoms with Crippen molar-refractivity contribution in [2.75, 3.05) is 39.9 Å². The van der Waals surface area contributed by atoms with Crippen LogP contribution in [0.2, 0.25) is 0 Å². The maximum atomic E-state index is 12.1. The molecular weight excluding hydrogens is 304 g/mol. The summed E-state index contributed by atoms with van der Waals surface area (Å²) in [5.74, 6) is -0.462. The van der Waals surface area contributed by atoms with Gasteiger partial charge in [0.05, 0.1) is 19.8 Å². The van der Waals surface area contributed by atoms with Crippen LogP contribution in [0.4, 0.5) is 0 Å². The van der Waals surface area contributed by atoms with Crippen molar-refractivity contribution in [2.24, 2.45) is 0 Å². The van der Waals surface area contributed by atoms with Crippen molar-refractivity contribution in [2.45, 2.75) is 4.21 Å². The molecule has 20 heavy (non-hydrogen) atoms. The summed E-state index contributed by atoms with van der Waals surface area (Å²) in [7, 11) is -2.35. The number of carbonyl (C=O) groups is 1. The number of hydrogen-bond donors (Lipinski definition) is 2. The van der Waals surface area contributed by atoms with Gasteiger partial charge in [0.15, 0.2) is 0 Å².